The van der Waals surface area contributed by atoms with E-state index in [1.54, 1.807) is 0 Å². The van der Waals surface area contributed by atoms with Gasteiger partial charge >= 0.3 is 0 Å². The summed E-state index contributed by atoms with van der Waals surface area (Å²) in [6.07, 6.45) is 0.678. The van der Waals surface area contributed by atoms with Crippen molar-refractivity contribution in [2.24, 2.45) is 4.99 Å². The number of guanidine groups is 1. The summed E-state index contributed by atoms with van der Waals surface area (Å²) >= 11 is 0. The number of morpholine rings is 1. The van der Waals surface area contributed by atoms with Crippen LogP contribution in [-0.2, 0) is 11.2 Å². The molecule has 2 heterocycles. The Morgan fingerprint density at radius 3 is 2.62 bits per heavy atom. The van der Waals surface area contributed by atoms with E-state index in [-0.39, 0.29) is 11.5 Å². The monoisotopic (exact) mass is 366 g/mol. The Morgan fingerprint density at radius 2 is 2.00 bits per heavy atom. The second-order valence-corrected chi connectivity index (χ2v) is 7.48. The molecule has 0 amide bonds. The lowest BCUT2D eigenvalue weighted by atomic mass is 10.0. The van der Waals surface area contributed by atoms with Gasteiger partial charge in [-0.1, -0.05) is 19.0 Å². The topological polar surface area (TPSA) is 87.8 Å². The molecule has 2 rings (SSSR count). The summed E-state index contributed by atoms with van der Waals surface area (Å²) in [5, 5.41) is 10.6. The van der Waals surface area contributed by atoms with Crippen LogP contribution in [0.25, 0.3) is 0 Å². The van der Waals surface area contributed by atoms with Crippen LogP contribution in [0.5, 0.6) is 0 Å². The summed E-state index contributed by atoms with van der Waals surface area (Å²) in [4.78, 5) is 11.6. The van der Waals surface area contributed by atoms with Gasteiger partial charge in [-0.25, -0.2) is 0 Å². The standard InChI is InChI=1S/C18H34N6O2/c1-6-19-17(20-8-7-15-22-16(14(2)3)23-26-15)21-13-18(4,5)24-9-11-25-12-10-24/h14H,6-13H2,1-5H3,(H2,19,20,21). The minimum atomic E-state index is 0.00475. The highest BCUT2D eigenvalue weighted by Gasteiger charge is 2.28. The first-order valence-electron chi connectivity index (χ1n) is 9.60. The van der Waals surface area contributed by atoms with Gasteiger partial charge in [0.2, 0.25) is 5.89 Å². The molecule has 1 aromatic heterocycles. The summed E-state index contributed by atoms with van der Waals surface area (Å²) in [7, 11) is 0. The Hall–Kier alpha value is -1.67. The first kappa shape index (κ1) is 20.6. The normalized spacial score (nSPS) is 16.9. The highest BCUT2D eigenvalue weighted by Crippen LogP contribution is 2.16. The van der Waals surface area contributed by atoms with Crippen molar-refractivity contribution < 1.29 is 9.26 Å². The fourth-order valence-corrected chi connectivity index (χ4v) is 2.77. The second-order valence-electron chi connectivity index (χ2n) is 7.48. The van der Waals surface area contributed by atoms with E-state index in [0.717, 1.165) is 51.2 Å². The third-order valence-electron chi connectivity index (χ3n) is 4.47. The van der Waals surface area contributed by atoms with E-state index >= 15 is 0 Å². The van der Waals surface area contributed by atoms with E-state index in [4.69, 9.17) is 14.3 Å². The van der Waals surface area contributed by atoms with E-state index in [1.165, 1.54) is 0 Å². The van der Waals surface area contributed by atoms with Crippen LogP contribution in [0.3, 0.4) is 0 Å². The zero-order chi connectivity index (χ0) is 19.0. The molecule has 1 aliphatic heterocycles. The molecule has 0 saturated carbocycles. The Kier molecular flexibility index (Phi) is 7.84. The van der Waals surface area contributed by atoms with E-state index in [1.807, 2.05) is 0 Å². The first-order valence-corrected chi connectivity index (χ1v) is 9.60. The number of aliphatic imine (C=N–C) groups is 1. The van der Waals surface area contributed by atoms with Gasteiger partial charge in [0, 0.05) is 44.1 Å². The predicted molar refractivity (Wildman–Crippen MR) is 103 cm³/mol. The van der Waals surface area contributed by atoms with Crippen LogP contribution in [0.4, 0.5) is 0 Å². The molecule has 0 bridgehead atoms. The Morgan fingerprint density at radius 1 is 1.27 bits per heavy atom. The number of hydrogen-bond donors (Lipinski definition) is 2. The van der Waals surface area contributed by atoms with Crippen LogP contribution in [0.15, 0.2) is 9.52 Å². The SMILES string of the molecule is CCNC(=NCC(C)(C)N1CCOCC1)NCCc1nc(C(C)C)no1. The third-order valence-corrected chi connectivity index (χ3v) is 4.47. The van der Waals surface area contributed by atoms with Crippen molar-refractivity contribution in [2.45, 2.75) is 52.5 Å². The minimum Gasteiger partial charge on any atom is -0.379 e. The molecule has 0 spiro atoms. The number of aromatic nitrogens is 2. The predicted octanol–water partition coefficient (Wildman–Crippen LogP) is 1.40. The first-order chi connectivity index (χ1) is 12.4. The minimum absolute atomic E-state index is 0.00475. The van der Waals surface area contributed by atoms with Gasteiger partial charge in [0.15, 0.2) is 11.8 Å². The maximum absolute atomic E-state index is 5.45. The lowest BCUT2D eigenvalue weighted by Gasteiger charge is -2.39. The summed E-state index contributed by atoms with van der Waals surface area (Å²) in [6, 6.07) is 0. The smallest absolute Gasteiger partial charge is 0.228 e. The maximum atomic E-state index is 5.45. The molecule has 2 N–H and O–H groups in total. The summed E-state index contributed by atoms with van der Waals surface area (Å²) in [5.74, 6) is 2.51. The van der Waals surface area contributed by atoms with Gasteiger partial charge in [-0.05, 0) is 20.8 Å². The molecule has 1 aliphatic rings. The van der Waals surface area contributed by atoms with E-state index < -0.39 is 0 Å². The zero-order valence-electron chi connectivity index (χ0n) is 16.8. The van der Waals surface area contributed by atoms with Gasteiger partial charge in [0.1, 0.15) is 0 Å². The van der Waals surface area contributed by atoms with Gasteiger partial charge in [0.25, 0.3) is 0 Å². The summed E-state index contributed by atoms with van der Waals surface area (Å²) in [5.41, 5.74) is 0.00475. The van der Waals surface area contributed by atoms with Crippen LogP contribution in [0, 0.1) is 0 Å². The molecule has 8 heteroatoms. The van der Waals surface area contributed by atoms with E-state index in [0.29, 0.717) is 18.9 Å². The van der Waals surface area contributed by atoms with Crippen molar-refractivity contribution >= 4 is 5.96 Å². The molecule has 0 unspecified atom stereocenters. The van der Waals surface area contributed by atoms with Gasteiger partial charge in [-0.15, -0.1) is 0 Å². The van der Waals surface area contributed by atoms with Crippen LogP contribution in [0.1, 0.15) is 52.3 Å². The fraction of sp³-hybridized carbons (Fsp3) is 0.833. The molecule has 26 heavy (non-hydrogen) atoms. The van der Waals surface area contributed by atoms with Crippen molar-refractivity contribution in [3.05, 3.63) is 11.7 Å². The maximum Gasteiger partial charge on any atom is 0.228 e. The van der Waals surface area contributed by atoms with Crippen LogP contribution in [-0.4, -0.2) is 72.5 Å². The average Bonchev–Trinajstić information content (AvgIpc) is 3.10. The molecule has 8 nitrogen and oxygen atoms in total. The lowest BCUT2D eigenvalue weighted by Crippen LogP contribution is -2.52. The van der Waals surface area contributed by atoms with Gasteiger partial charge < -0.3 is 19.9 Å². The highest BCUT2D eigenvalue weighted by molar-refractivity contribution is 5.79. The van der Waals surface area contributed by atoms with Crippen molar-refractivity contribution in [1.82, 2.24) is 25.7 Å². The fourth-order valence-electron chi connectivity index (χ4n) is 2.77. The largest absolute Gasteiger partial charge is 0.379 e. The van der Waals surface area contributed by atoms with E-state index in [2.05, 4.69) is 60.3 Å². The number of nitrogens with one attached hydrogen (secondary N) is 2. The molecule has 0 radical (unpaired) electrons. The molecule has 1 aromatic rings. The molecule has 1 saturated heterocycles. The number of ether oxygens (including phenoxy) is 1. The Balaban J connectivity index is 1.85. The van der Waals surface area contributed by atoms with Crippen molar-refractivity contribution in [1.29, 1.82) is 0 Å². The quantitative estimate of drug-likeness (QED) is 0.531. The molecule has 0 atom stereocenters. The highest BCUT2D eigenvalue weighted by atomic mass is 16.5. The van der Waals surface area contributed by atoms with Gasteiger partial charge in [0.05, 0.1) is 19.8 Å². The van der Waals surface area contributed by atoms with E-state index in [9.17, 15) is 0 Å². The molecule has 0 aromatic carbocycles. The van der Waals surface area contributed by atoms with Crippen molar-refractivity contribution in [3.8, 4) is 0 Å². The lowest BCUT2D eigenvalue weighted by molar-refractivity contribution is -0.00683. The molecular weight excluding hydrogens is 332 g/mol. The van der Waals surface area contributed by atoms with Crippen LogP contribution in [0.2, 0.25) is 0 Å². The number of nitrogens with zero attached hydrogens (tertiary/aromatic N) is 4. The average molecular weight is 367 g/mol. The second kappa shape index (κ2) is 9.87. The number of rotatable bonds is 8. The van der Waals surface area contributed by atoms with Crippen molar-refractivity contribution in [2.75, 3.05) is 45.9 Å². The Labute approximate surface area is 156 Å². The van der Waals surface area contributed by atoms with Gasteiger partial charge in [-0.3, -0.25) is 9.89 Å². The third kappa shape index (κ3) is 6.25. The van der Waals surface area contributed by atoms with Crippen LogP contribution < -0.4 is 10.6 Å². The summed E-state index contributed by atoms with van der Waals surface area (Å²) in [6.45, 7) is 16.4. The van der Waals surface area contributed by atoms with Crippen molar-refractivity contribution in [3.63, 3.8) is 0 Å². The zero-order valence-corrected chi connectivity index (χ0v) is 16.8. The molecule has 1 fully saturated rings. The molecule has 148 valence electrons. The number of hydrogen-bond acceptors (Lipinski definition) is 6. The summed E-state index contributed by atoms with van der Waals surface area (Å²) < 4.78 is 10.7. The molecular formula is C18H34N6O2. The molecule has 0 aliphatic carbocycles. The van der Waals surface area contributed by atoms with Gasteiger partial charge in [-0.2, -0.15) is 4.98 Å². The van der Waals surface area contributed by atoms with Crippen LogP contribution >= 0.6 is 0 Å². The Bertz CT molecular complexity index is 564.